The van der Waals surface area contributed by atoms with E-state index in [0.717, 1.165) is 24.0 Å². The first kappa shape index (κ1) is 18.5. The molecule has 0 unspecified atom stereocenters. The van der Waals surface area contributed by atoms with Gasteiger partial charge in [-0.2, -0.15) is 0 Å². The Morgan fingerprint density at radius 1 is 1.04 bits per heavy atom. The fourth-order valence-electron chi connectivity index (χ4n) is 5.99. The van der Waals surface area contributed by atoms with Crippen LogP contribution in [0.5, 0.6) is 0 Å². The first-order chi connectivity index (χ1) is 12.7. The van der Waals surface area contributed by atoms with Crippen LogP contribution in [0.4, 0.5) is 11.4 Å². The molecule has 1 aromatic carbocycles. The van der Waals surface area contributed by atoms with E-state index in [9.17, 15) is 13.2 Å². The van der Waals surface area contributed by atoms with Gasteiger partial charge in [0.1, 0.15) is 0 Å². The molecule has 0 saturated heterocycles. The van der Waals surface area contributed by atoms with E-state index in [4.69, 9.17) is 0 Å². The van der Waals surface area contributed by atoms with E-state index in [2.05, 4.69) is 17.0 Å². The number of hydrogen-bond donors (Lipinski definition) is 2. The monoisotopic (exact) mass is 388 g/mol. The van der Waals surface area contributed by atoms with Gasteiger partial charge >= 0.3 is 0 Å². The average molecular weight is 389 g/mol. The molecule has 0 aliphatic heterocycles. The molecule has 1 aromatic rings. The maximum absolute atomic E-state index is 12.7. The number of carbonyl (C=O) groups excluding carboxylic acids is 1. The van der Waals surface area contributed by atoms with Crippen molar-refractivity contribution in [3.05, 3.63) is 35.9 Å². The normalized spacial score (nSPS) is 32.4. The van der Waals surface area contributed by atoms with Crippen molar-refractivity contribution in [3.8, 4) is 0 Å². The molecule has 0 aromatic heterocycles. The van der Waals surface area contributed by atoms with Gasteiger partial charge in [0, 0.05) is 6.08 Å². The molecule has 5 nitrogen and oxygen atoms in total. The highest BCUT2D eigenvalue weighted by Crippen LogP contribution is 2.62. The maximum Gasteiger partial charge on any atom is 0.248 e. The van der Waals surface area contributed by atoms with Crippen LogP contribution >= 0.6 is 0 Å². The number of benzene rings is 1. The Balaban J connectivity index is 1.51. The van der Waals surface area contributed by atoms with Gasteiger partial charge in [0.2, 0.25) is 15.9 Å². The summed E-state index contributed by atoms with van der Waals surface area (Å²) >= 11 is 0. The minimum Gasteiger partial charge on any atom is -0.321 e. The molecule has 4 aliphatic rings. The molecule has 146 valence electrons. The van der Waals surface area contributed by atoms with Gasteiger partial charge in [0.05, 0.1) is 17.6 Å². The summed E-state index contributed by atoms with van der Waals surface area (Å²) in [5, 5.41) is 2.85. The first-order valence-corrected chi connectivity index (χ1v) is 11.7. The average Bonchev–Trinajstić information content (AvgIpc) is 2.54. The first-order valence-electron chi connectivity index (χ1n) is 9.79. The van der Waals surface area contributed by atoms with E-state index in [0.29, 0.717) is 11.4 Å². The minimum atomic E-state index is -3.41. The number of sulfonamides is 1. The third-order valence-electron chi connectivity index (χ3n) is 6.70. The molecule has 4 aliphatic carbocycles. The van der Waals surface area contributed by atoms with E-state index in [1.54, 1.807) is 30.3 Å². The predicted octanol–water partition coefficient (Wildman–Crippen LogP) is 4.16. The van der Waals surface area contributed by atoms with Crippen LogP contribution in [0.3, 0.4) is 0 Å². The topological polar surface area (TPSA) is 75.3 Å². The summed E-state index contributed by atoms with van der Waals surface area (Å²) < 4.78 is 25.5. The Kier molecular flexibility index (Phi) is 4.57. The van der Waals surface area contributed by atoms with Crippen LogP contribution in [0, 0.1) is 23.2 Å². The van der Waals surface area contributed by atoms with Gasteiger partial charge in [-0.25, -0.2) is 8.42 Å². The van der Waals surface area contributed by atoms with Gasteiger partial charge in [-0.05, 0) is 80.8 Å². The lowest BCUT2D eigenvalue weighted by molar-refractivity contribution is -0.112. The lowest BCUT2D eigenvalue weighted by Gasteiger charge is -2.57. The Morgan fingerprint density at radius 3 is 2.07 bits per heavy atom. The molecule has 1 amide bonds. The number of rotatable bonds is 5. The van der Waals surface area contributed by atoms with Crippen LogP contribution in [0.25, 0.3) is 0 Å². The summed E-state index contributed by atoms with van der Waals surface area (Å²) in [4.78, 5) is 12.7. The second-order valence-electron chi connectivity index (χ2n) is 8.93. The highest BCUT2D eigenvalue weighted by atomic mass is 32.2. The molecular formula is C21H28N2O3S. The van der Waals surface area contributed by atoms with Gasteiger partial charge in [0.25, 0.3) is 0 Å². The van der Waals surface area contributed by atoms with Gasteiger partial charge < -0.3 is 5.32 Å². The number of para-hydroxylation sites is 2. The zero-order chi connectivity index (χ0) is 19.2. The molecule has 6 heteroatoms. The van der Waals surface area contributed by atoms with Gasteiger partial charge in [-0.15, -0.1) is 0 Å². The maximum atomic E-state index is 12.7. The number of amides is 1. The Labute approximate surface area is 161 Å². The van der Waals surface area contributed by atoms with Crippen LogP contribution in [0.2, 0.25) is 0 Å². The summed E-state index contributed by atoms with van der Waals surface area (Å²) in [7, 11) is -3.41. The fourth-order valence-corrected chi connectivity index (χ4v) is 6.57. The number of allylic oxidation sites excluding steroid dienone is 1. The Bertz CT molecular complexity index is 853. The number of carbonyl (C=O) groups is 1. The minimum absolute atomic E-state index is 0.189. The molecule has 4 saturated carbocycles. The van der Waals surface area contributed by atoms with E-state index in [1.807, 2.05) is 0 Å². The van der Waals surface area contributed by atoms with Gasteiger partial charge in [0.15, 0.2) is 0 Å². The zero-order valence-electron chi connectivity index (χ0n) is 16.0. The summed E-state index contributed by atoms with van der Waals surface area (Å²) in [6.45, 7) is 2.10. The van der Waals surface area contributed by atoms with Crippen molar-refractivity contribution in [1.29, 1.82) is 0 Å². The highest BCUT2D eigenvalue weighted by molar-refractivity contribution is 7.92. The highest BCUT2D eigenvalue weighted by Gasteiger charge is 2.51. The summed E-state index contributed by atoms with van der Waals surface area (Å²) in [5.41, 5.74) is 2.25. The Morgan fingerprint density at radius 2 is 1.56 bits per heavy atom. The fraction of sp³-hybridized carbons (Fsp3) is 0.571. The lowest BCUT2D eigenvalue weighted by Crippen LogP contribution is -2.46. The Hall–Kier alpha value is -1.82. The van der Waals surface area contributed by atoms with Gasteiger partial charge in [-0.1, -0.05) is 17.7 Å². The number of hydrogen-bond acceptors (Lipinski definition) is 3. The summed E-state index contributed by atoms with van der Waals surface area (Å²) in [6, 6.07) is 6.87. The van der Waals surface area contributed by atoms with Gasteiger partial charge in [-0.3, -0.25) is 9.52 Å². The summed E-state index contributed by atoms with van der Waals surface area (Å²) in [6.07, 6.45) is 10.6. The molecule has 0 atom stereocenters. The second kappa shape index (κ2) is 6.66. The van der Waals surface area contributed by atoms with Crippen molar-refractivity contribution in [1.82, 2.24) is 0 Å². The summed E-state index contributed by atoms with van der Waals surface area (Å²) in [5.74, 6) is 2.32. The number of anilines is 2. The van der Waals surface area contributed by atoms with Crippen LogP contribution in [0.1, 0.15) is 45.4 Å². The third kappa shape index (κ3) is 3.91. The van der Waals surface area contributed by atoms with Crippen LogP contribution in [-0.4, -0.2) is 20.6 Å². The molecule has 27 heavy (non-hydrogen) atoms. The zero-order valence-corrected chi connectivity index (χ0v) is 16.8. The lowest BCUT2D eigenvalue weighted by atomic mass is 9.48. The molecule has 2 N–H and O–H groups in total. The van der Waals surface area contributed by atoms with Crippen molar-refractivity contribution < 1.29 is 13.2 Å². The van der Waals surface area contributed by atoms with Crippen molar-refractivity contribution >= 4 is 27.3 Å². The standard InChI is InChI=1S/C21H28N2O3S/c1-14(21-11-15-8-16(12-21)10-17(9-15)13-21)7-20(24)22-18-5-3-4-6-19(18)23-27(2,25)26/h3-7,15-17,23H,8-13H2,1-2H3,(H,22,24). The molecule has 4 fully saturated rings. The van der Waals surface area contributed by atoms with Crippen molar-refractivity contribution in [2.45, 2.75) is 45.4 Å². The SMILES string of the molecule is CC(=CC(=O)Nc1ccccc1NS(C)(=O)=O)C12CC3CC(CC(C3)C1)C2. The van der Waals surface area contributed by atoms with E-state index < -0.39 is 10.0 Å². The second-order valence-corrected chi connectivity index (χ2v) is 10.7. The largest absolute Gasteiger partial charge is 0.321 e. The molecular weight excluding hydrogens is 360 g/mol. The van der Waals surface area contributed by atoms with E-state index in [-0.39, 0.29) is 11.3 Å². The molecule has 5 rings (SSSR count). The van der Waals surface area contributed by atoms with Crippen LogP contribution in [0.15, 0.2) is 35.9 Å². The molecule has 4 bridgehead atoms. The van der Waals surface area contributed by atoms with Crippen LogP contribution < -0.4 is 10.0 Å². The molecule has 0 radical (unpaired) electrons. The van der Waals surface area contributed by atoms with Crippen molar-refractivity contribution in [3.63, 3.8) is 0 Å². The van der Waals surface area contributed by atoms with Crippen molar-refractivity contribution in [2.75, 3.05) is 16.3 Å². The number of nitrogens with one attached hydrogen (secondary N) is 2. The van der Waals surface area contributed by atoms with E-state index >= 15 is 0 Å². The smallest absolute Gasteiger partial charge is 0.248 e. The molecule has 0 spiro atoms. The van der Waals surface area contributed by atoms with E-state index in [1.165, 1.54) is 44.1 Å². The third-order valence-corrected chi connectivity index (χ3v) is 7.29. The van der Waals surface area contributed by atoms with Crippen LogP contribution in [-0.2, 0) is 14.8 Å². The molecule has 0 heterocycles. The predicted molar refractivity (Wildman–Crippen MR) is 108 cm³/mol. The quantitative estimate of drug-likeness (QED) is 0.744. The van der Waals surface area contributed by atoms with Crippen molar-refractivity contribution in [2.24, 2.45) is 23.2 Å².